The quantitative estimate of drug-likeness (QED) is 0.179. The van der Waals surface area contributed by atoms with Gasteiger partial charge in [0.15, 0.2) is 0 Å². The van der Waals surface area contributed by atoms with E-state index in [1.807, 2.05) is 0 Å². The zero-order chi connectivity index (χ0) is 37.5. The van der Waals surface area contributed by atoms with Crippen LogP contribution in [0.15, 0.2) is 212 Å². The Morgan fingerprint density at radius 2 is 0.895 bits per heavy atom. The minimum atomic E-state index is -0.602. The van der Waals surface area contributed by atoms with Crippen LogP contribution in [0.25, 0.3) is 54.6 Å². The molecule has 12 rings (SSSR count). The van der Waals surface area contributed by atoms with Crippen molar-refractivity contribution in [3.8, 4) is 33.8 Å². The molecule has 0 unspecified atom stereocenters. The smallest absolute Gasteiger partial charge is 0.132 e. The van der Waals surface area contributed by atoms with E-state index >= 15 is 0 Å². The number of anilines is 3. The lowest BCUT2D eigenvalue weighted by Gasteiger charge is -2.45. The second kappa shape index (κ2) is 12.3. The van der Waals surface area contributed by atoms with Gasteiger partial charge in [-0.1, -0.05) is 176 Å². The van der Waals surface area contributed by atoms with Gasteiger partial charge in [-0.15, -0.1) is 0 Å². The predicted octanol–water partition coefficient (Wildman–Crippen LogP) is 14.8. The molecule has 1 heterocycles. The fourth-order valence-corrected chi connectivity index (χ4v) is 9.94. The average molecular weight is 726 g/mol. The molecular formula is C55H35NO. The van der Waals surface area contributed by atoms with Crippen molar-refractivity contribution in [2.75, 3.05) is 4.90 Å². The SMILES string of the molecule is c1ccc(-c2cc3ccccc3cc2N(c2cccc3ccccc23)c2ccc3c4c(cccc24)C2(c4ccccc4Oc4ccccc42)c2ccccc2-3)cc1. The van der Waals surface area contributed by atoms with Gasteiger partial charge < -0.3 is 9.64 Å². The Bertz CT molecular complexity index is 3180. The number of hydrogen-bond donors (Lipinski definition) is 0. The summed E-state index contributed by atoms with van der Waals surface area (Å²) in [6.07, 6.45) is 0. The van der Waals surface area contributed by atoms with Crippen LogP contribution < -0.4 is 9.64 Å². The molecule has 0 atom stereocenters. The molecule has 1 aliphatic carbocycles. The van der Waals surface area contributed by atoms with Crippen LogP contribution in [0.3, 0.4) is 0 Å². The van der Waals surface area contributed by atoms with Gasteiger partial charge >= 0.3 is 0 Å². The lowest BCUT2D eigenvalue weighted by Crippen LogP contribution is -2.36. The summed E-state index contributed by atoms with van der Waals surface area (Å²) in [5.74, 6) is 1.78. The number of rotatable bonds is 4. The van der Waals surface area contributed by atoms with Gasteiger partial charge in [0.25, 0.3) is 0 Å². The Kier molecular flexibility index (Phi) is 6.88. The third-order valence-corrected chi connectivity index (χ3v) is 12.3. The normalized spacial score (nSPS) is 13.2. The van der Waals surface area contributed by atoms with Crippen LogP contribution >= 0.6 is 0 Å². The summed E-state index contributed by atoms with van der Waals surface area (Å²) in [5, 5.41) is 7.26. The molecule has 0 saturated carbocycles. The van der Waals surface area contributed by atoms with E-state index in [1.54, 1.807) is 0 Å². The minimum absolute atomic E-state index is 0.602. The first-order valence-corrected chi connectivity index (χ1v) is 19.7. The molecule has 2 heteroatoms. The van der Waals surface area contributed by atoms with E-state index in [9.17, 15) is 0 Å². The molecule has 10 aromatic rings. The van der Waals surface area contributed by atoms with Crippen LogP contribution in [0.5, 0.6) is 11.5 Å². The molecule has 0 fully saturated rings. The summed E-state index contributed by atoms with van der Waals surface area (Å²) in [6.45, 7) is 0. The van der Waals surface area contributed by atoms with Crippen molar-refractivity contribution >= 4 is 49.4 Å². The Morgan fingerprint density at radius 1 is 0.333 bits per heavy atom. The monoisotopic (exact) mass is 725 g/mol. The van der Waals surface area contributed by atoms with Gasteiger partial charge in [-0.25, -0.2) is 0 Å². The van der Waals surface area contributed by atoms with E-state index in [0.29, 0.717) is 0 Å². The third kappa shape index (κ3) is 4.53. The van der Waals surface area contributed by atoms with E-state index in [2.05, 4.69) is 217 Å². The summed E-state index contributed by atoms with van der Waals surface area (Å²) < 4.78 is 6.70. The number of para-hydroxylation sites is 2. The van der Waals surface area contributed by atoms with Crippen molar-refractivity contribution in [3.05, 3.63) is 235 Å². The topological polar surface area (TPSA) is 12.5 Å². The lowest BCUT2D eigenvalue weighted by molar-refractivity contribution is 0.435. The van der Waals surface area contributed by atoms with Gasteiger partial charge in [0, 0.05) is 27.5 Å². The van der Waals surface area contributed by atoms with Gasteiger partial charge in [0.1, 0.15) is 11.5 Å². The van der Waals surface area contributed by atoms with Crippen molar-refractivity contribution in [2.24, 2.45) is 0 Å². The molecule has 0 amide bonds. The Labute approximate surface area is 331 Å². The lowest BCUT2D eigenvalue weighted by atomic mass is 9.58. The summed E-state index contributed by atoms with van der Waals surface area (Å²) in [6, 6.07) is 77.7. The van der Waals surface area contributed by atoms with Crippen LogP contribution in [0.1, 0.15) is 22.3 Å². The van der Waals surface area contributed by atoms with Crippen LogP contribution in [0.2, 0.25) is 0 Å². The highest BCUT2D eigenvalue weighted by atomic mass is 16.5. The van der Waals surface area contributed by atoms with Crippen molar-refractivity contribution in [3.63, 3.8) is 0 Å². The van der Waals surface area contributed by atoms with Gasteiger partial charge in [-0.2, -0.15) is 0 Å². The largest absolute Gasteiger partial charge is 0.457 e. The van der Waals surface area contributed by atoms with E-state index < -0.39 is 5.41 Å². The van der Waals surface area contributed by atoms with E-state index in [1.165, 1.54) is 65.7 Å². The summed E-state index contributed by atoms with van der Waals surface area (Å²) in [5.41, 5.74) is 12.5. The first-order chi connectivity index (χ1) is 28.3. The first kappa shape index (κ1) is 31.9. The van der Waals surface area contributed by atoms with E-state index in [4.69, 9.17) is 4.74 Å². The molecule has 57 heavy (non-hydrogen) atoms. The highest BCUT2D eigenvalue weighted by molar-refractivity contribution is 6.14. The minimum Gasteiger partial charge on any atom is -0.457 e. The molecule has 0 radical (unpaired) electrons. The summed E-state index contributed by atoms with van der Waals surface area (Å²) in [4.78, 5) is 2.53. The average Bonchev–Trinajstić information content (AvgIpc) is 3.28. The summed E-state index contributed by atoms with van der Waals surface area (Å²) >= 11 is 0. The number of fused-ring (bicyclic) bond motifs is 10. The molecule has 10 aromatic carbocycles. The predicted molar refractivity (Wildman–Crippen MR) is 236 cm³/mol. The van der Waals surface area contributed by atoms with Gasteiger partial charge in [0.2, 0.25) is 0 Å². The number of ether oxygens (including phenoxy) is 1. The maximum Gasteiger partial charge on any atom is 0.132 e. The second-order valence-corrected chi connectivity index (χ2v) is 15.2. The van der Waals surface area contributed by atoms with Gasteiger partial charge in [-0.05, 0) is 85.8 Å². The zero-order valence-corrected chi connectivity index (χ0v) is 31.1. The Morgan fingerprint density at radius 3 is 1.68 bits per heavy atom. The highest BCUT2D eigenvalue weighted by Crippen LogP contribution is 2.62. The van der Waals surface area contributed by atoms with Gasteiger partial charge in [-0.3, -0.25) is 0 Å². The molecule has 0 saturated heterocycles. The molecule has 0 bridgehead atoms. The van der Waals surface area contributed by atoms with Crippen molar-refractivity contribution in [1.29, 1.82) is 0 Å². The van der Waals surface area contributed by atoms with Crippen LogP contribution in [-0.4, -0.2) is 0 Å². The summed E-state index contributed by atoms with van der Waals surface area (Å²) in [7, 11) is 0. The van der Waals surface area contributed by atoms with Crippen LogP contribution in [0, 0.1) is 0 Å². The molecule has 2 nitrogen and oxygen atoms in total. The third-order valence-electron chi connectivity index (χ3n) is 12.3. The number of nitrogens with zero attached hydrogens (tertiary/aromatic N) is 1. The maximum atomic E-state index is 6.70. The van der Waals surface area contributed by atoms with Crippen LogP contribution in [0.4, 0.5) is 17.1 Å². The molecule has 2 aliphatic rings. The molecule has 1 aliphatic heterocycles. The highest BCUT2D eigenvalue weighted by Gasteiger charge is 2.49. The molecule has 0 N–H and O–H groups in total. The fourth-order valence-electron chi connectivity index (χ4n) is 9.94. The van der Waals surface area contributed by atoms with E-state index in [0.717, 1.165) is 39.7 Å². The molecule has 0 aromatic heterocycles. The zero-order valence-electron chi connectivity index (χ0n) is 31.1. The Hall–Kier alpha value is -7.42. The molecule has 1 spiro atoms. The molecular weight excluding hydrogens is 691 g/mol. The van der Waals surface area contributed by atoms with Gasteiger partial charge in [0.05, 0.1) is 22.5 Å². The van der Waals surface area contributed by atoms with Crippen LogP contribution in [-0.2, 0) is 5.41 Å². The molecule has 266 valence electrons. The fraction of sp³-hybridized carbons (Fsp3) is 0.0182. The second-order valence-electron chi connectivity index (χ2n) is 15.2. The van der Waals surface area contributed by atoms with E-state index in [-0.39, 0.29) is 0 Å². The number of benzene rings is 10. The van der Waals surface area contributed by atoms with Crippen molar-refractivity contribution in [2.45, 2.75) is 5.41 Å². The number of hydrogen-bond acceptors (Lipinski definition) is 2. The van der Waals surface area contributed by atoms with Crippen molar-refractivity contribution in [1.82, 2.24) is 0 Å². The Balaban J connectivity index is 1.24. The van der Waals surface area contributed by atoms with Crippen molar-refractivity contribution < 1.29 is 4.74 Å². The maximum absolute atomic E-state index is 6.70. The standard InChI is InChI=1S/C55H35NO/c1-2-16-37(17-3-1)44-34-38-19-4-5-20-39(38)35-51(44)56(49-29-14-21-36-18-6-7-22-40(36)49)50-33-32-42-41-23-8-9-25-45(41)55(48-28-15-24-43(50)54(42)48)46-26-10-12-30-52(46)57-53-31-13-11-27-47(53)55/h1-35H. The first-order valence-electron chi connectivity index (χ1n) is 19.7.